The molecule has 5 nitrogen and oxygen atoms in total. The number of amides is 1. The number of likely N-dealkylation sites (N-methyl/N-ethyl adjacent to an activating group) is 1. The summed E-state index contributed by atoms with van der Waals surface area (Å²) in [4.78, 5) is 21.3. The fraction of sp³-hybridized carbons (Fsp3) is 0.600. The SMILES string of the molecule is CN(CCO)C(=O)C(=O)O. The Bertz CT molecular complexity index is 145. The minimum Gasteiger partial charge on any atom is -0.474 e. The van der Waals surface area contributed by atoms with E-state index in [-0.39, 0.29) is 13.2 Å². The van der Waals surface area contributed by atoms with Gasteiger partial charge < -0.3 is 15.1 Å². The zero-order chi connectivity index (χ0) is 8.15. The molecule has 0 aromatic rings. The van der Waals surface area contributed by atoms with Gasteiger partial charge >= 0.3 is 11.9 Å². The predicted molar refractivity (Wildman–Crippen MR) is 32.4 cm³/mol. The van der Waals surface area contributed by atoms with E-state index in [1.165, 1.54) is 7.05 Å². The van der Waals surface area contributed by atoms with Crippen molar-refractivity contribution in [2.75, 3.05) is 20.2 Å². The number of aliphatic hydroxyl groups is 1. The molecule has 0 heterocycles. The normalized spacial score (nSPS) is 9.00. The molecule has 0 atom stereocenters. The summed E-state index contributed by atoms with van der Waals surface area (Å²) < 4.78 is 0. The van der Waals surface area contributed by atoms with Crippen LogP contribution in [0.1, 0.15) is 0 Å². The van der Waals surface area contributed by atoms with E-state index >= 15 is 0 Å². The lowest BCUT2D eigenvalue weighted by atomic mass is 10.5. The molecule has 0 rings (SSSR count). The molecule has 0 aliphatic carbocycles. The summed E-state index contributed by atoms with van der Waals surface area (Å²) in [6, 6.07) is 0. The van der Waals surface area contributed by atoms with Crippen molar-refractivity contribution < 1.29 is 19.8 Å². The van der Waals surface area contributed by atoms with Crippen molar-refractivity contribution in [3.63, 3.8) is 0 Å². The third-order valence-corrected chi connectivity index (χ3v) is 0.965. The maximum Gasteiger partial charge on any atom is 0.394 e. The van der Waals surface area contributed by atoms with Crippen molar-refractivity contribution in [3.05, 3.63) is 0 Å². The number of hydrogen-bond acceptors (Lipinski definition) is 3. The van der Waals surface area contributed by atoms with Gasteiger partial charge in [-0.2, -0.15) is 0 Å². The lowest BCUT2D eigenvalue weighted by Crippen LogP contribution is -2.34. The van der Waals surface area contributed by atoms with Crippen LogP contribution in [0.2, 0.25) is 0 Å². The van der Waals surface area contributed by atoms with Crippen LogP contribution in [-0.4, -0.2) is 47.2 Å². The Morgan fingerprint density at radius 3 is 2.30 bits per heavy atom. The molecule has 5 heteroatoms. The summed E-state index contributed by atoms with van der Waals surface area (Å²) in [5, 5.41) is 16.4. The van der Waals surface area contributed by atoms with Gasteiger partial charge in [-0.25, -0.2) is 4.79 Å². The Labute approximate surface area is 57.9 Å². The van der Waals surface area contributed by atoms with Crippen LogP contribution in [0.4, 0.5) is 0 Å². The number of aliphatic hydroxyl groups excluding tert-OH is 1. The van der Waals surface area contributed by atoms with E-state index in [2.05, 4.69) is 0 Å². The van der Waals surface area contributed by atoms with Crippen LogP contribution in [0.5, 0.6) is 0 Å². The van der Waals surface area contributed by atoms with Gasteiger partial charge in [0.1, 0.15) is 0 Å². The van der Waals surface area contributed by atoms with Crippen molar-refractivity contribution >= 4 is 11.9 Å². The number of carbonyl (C=O) groups is 2. The van der Waals surface area contributed by atoms with Crippen LogP contribution < -0.4 is 0 Å². The first-order valence-electron chi connectivity index (χ1n) is 2.69. The molecule has 0 bridgehead atoms. The number of hydrogen-bond donors (Lipinski definition) is 2. The monoisotopic (exact) mass is 147 g/mol. The minimum absolute atomic E-state index is 0.0468. The van der Waals surface area contributed by atoms with Crippen LogP contribution >= 0.6 is 0 Å². The molecule has 0 aliphatic rings. The average Bonchev–Trinajstić information content (AvgIpc) is 1.87. The number of aliphatic carboxylic acids is 1. The van der Waals surface area contributed by atoms with Crippen LogP contribution in [0, 0.1) is 0 Å². The lowest BCUT2D eigenvalue weighted by Gasteiger charge is -2.11. The second-order valence-electron chi connectivity index (χ2n) is 1.76. The average molecular weight is 147 g/mol. The number of carboxylic acids is 1. The van der Waals surface area contributed by atoms with Crippen molar-refractivity contribution in [2.45, 2.75) is 0 Å². The van der Waals surface area contributed by atoms with E-state index in [0.29, 0.717) is 0 Å². The highest BCUT2D eigenvalue weighted by atomic mass is 16.4. The van der Waals surface area contributed by atoms with E-state index in [4.69, 9.17) is 10.2 Å². The third kappa shape index (κ3) is 2.45. The largest absolute Gasteiger partial charge is 0.474 e. The molecule has 0 saturated carbocycles. The summed E-state index contributed by atoms with van der Waals surface area (Å²) in [5.41, 5.74) is 0. The Morgan fingerprint density at radius 2 is 2.00 bits per heavy atom. The standard InChI is InChI=1S/C5H9NO4/c1-6(2-3-7)4(8)5(9)10/h7H,2-3H2,1H3,(H,9,10). The first kappa shape index (κ1) is 8.90. The predicted octanol–water partition coefficient (Wildman–Crippen LogP) is -1.48. The van der Waals surface area contributed by atoms with Crippen molar-refractivity contribution in [1.29, 1.82) is 0 Å². The van der Waals surface area contributed by atoms with Gasteiger partial charge in [-0.05, 0) is 0 Å². The highest BCUT2D eigenvalue weighted by Crippen LogP contribution is 1.82. The summed E-state index contributed by atoms with van der Waals surface area (Å²) in [7, 11) is 1.31. The van der Waals surface area contributed by atoms with Crippen LogP contribution in [0.15, 0.2) is 0 Å². The Balaban J connectivity index is 3.82. The van der Waals surface area contributed by atoms with E-state index in [9.17, 15) is 9.59 Å². The van der Waals surface area contributed by atoms with Crippen molar-refractivity contribution in [2.24, 2.45) is 0 Å². The zero-order valence-corrected chi connectivity index (χ0v) is 5.57. The summed E-state index contributed by atoms with van der Waals surface area (Å²) in [5.74, 6) is -2.51. The van der Waals surface area contributed by atoms with E-state index in [1.807, 2.05) is 0 Å². The first-order valence-corrected chi connectivity index (χ1v) is 2.69. The zero-order valence-electron chi connectivity index (χ0n) is 5.57. The molecule has 0 fully saturated rings. The molecule has 10 heavy (non-hydrogen) atoms. The van der Waals surface area contributed by atoms with Crippen LogP contribution in [-0.2, 0) is 9.59 Å². The molecular formula is C5H9NO4. The molecule has 0 spiro atoms. The third-order valence-electron chi connectivity index (χ3n) is 0.965. The minimum atomic E-state index is -1.50. The number of carboxylic acid groups (broad SMARTS) is 1. The smallest absolute Gasteiger partial charge is 0.394 e. The molecule has 0 aromatic carbocycles. The topological polar surface area (TPSA) is 77.8 Å². The fourth-order valence-electron chi connectivity index (χ4n) is 0.415. The van der Waals surface area contributed by atoms with E-state index in [1.54, 1.807) is 0 Å². The second kappa shape index (κ2) is 3.84. The molecule has 2 N–H and O–H groups in total. The van der Waals surface area contributed by atoms with Crippen molar-refractivity contribution in [1.82, 2.24) is 4.90 Å². The molecular weight excluding hydrogens is 138 g/mol. The number of rotatable bonds is 2. The van der Waals surface area contributed by atoms with Gasteiger partial charge in [0, 0.05) is 13.6 Å². The Kier molecular flexibility index (Phi) is 3.42. The van der Waals surface area contributed by atoms with E-state index in [0.717, 1.165) is 4.90 Å². The molecule has 0 unspecified atom stereocenters. The highest BCUT2D eigenvalue weighted by Gasteiger charge is 2.15. The molecule has 1 amide bonds. The molecule has 0 aromatic heterocycles. The van der Waals surface area contributed by atoms with Crippen molar-refractivity contribution in [3.8, 4) is 0 Å². The Morgan fingerprint density at radius 1 is 1.50 bits per heavy atom. The lowest BCUT2D eigenvalue weighted by molar-refractivity contribution is -0.155. The van der Waals surface area contributed by atoms with Crippen LogP contribution in [0.3, 0.4) is 0 Å². The number of carbonyl (C=O) groups excluding carboxylic acids is 1. The molecule has 0 aliphatic heterocycles. The summed E-state index contributed by atoms with van der Waals surface area (Å²) in [6.45, 7) is -0.180. The van der Waals surface area contributed by atoms with Gasteiger partial charge in [0.05, 0.1) is 6.61 Å². The summed E-state index contributed by atoms with van der Waals surface area (Å²) in [6.07, 6.45) is 0. The fourth-order valence-corrected chi connectivity index (χ4v) is 0.415. The molecule has 0 saturated heterocycles. The quantitative estimate of drug-likeness (QED) is 0.467. The Hall–Kier alpha value is -1.10. The van der Waals surface area contributed by atoms with E-state index < -0.39 is 11.9 Å². The first-order chi connectivity index (χ1) is 4.59. The van der Waals surface area contributed by atoms with Gasteiger partial charge in [-0.1, -0.05) is 0 Å². The van der Waals surface area contributed by atoms with Gasteiger partial charge in [-0.3, -0.25) is 4.79 Å². The maximum absolute atomic E-state index is 10.4. The maximum atomic E-state index is 10.4. The highest BCUT2D eigenvalue weighted by molar-refractivity contribution is 6.31. The van der Waals surface area contributed by atoms with Crippen LogP contribution in [0.25, 0.3) is 0 Å². The summed E-state index contributed by atoms with van der Waals surface area (Å²) >= 11 is 0. The molecule has 58 valence electrons. The van der Waals surface area contributed by atoms with Gasteiger partial charge in [-0.15, -0.1) is 0 Å². The second-order valence-corrected chi connectivity index (χ2v) is 1.76. The van der Waals surface area contributed by atoms with Gasteiger partial charge in [0.15, 0.2) is 0 Å². The number of nitrogens with zero attached hydrogens (tertiary/aromatic N) is 1. The van der Waals surface area contributed by atoms with Gasteiger partial charge in [0.2, 0.25) is 0 Å². The molecule has 0 radical (unpaired) electrons. The van der Waals surface area contributed by atoms with Gasteiger partial charge in [0.25, 0.3) is 0 Å².